The second-order valence-electron chi connectivity index (χ2n) is 5.08. The minimum atomic E-state index is -0.461. The first kappa shape index (κ1) is 14.0. The Hall–Kier alpha value is -2.96. The summed E-state index contributed by atoms with van der Waals surface area (Å²) in [4.78, 5) is 41.8. The van der Waals surface area contributed by atoms with Gasteiger partial charge in [-0.3, -0.25) is 19.5 Å². The van der Waals surface area contributed by atoms with Crippen LogP contribution in [0, 0.1) is 0 Å². The van der Waals surface area contributed by atoms with Crippen LogP contribution in [0.3, 0.4) is 0 Å². The molecule has 7 heteroatoms. The Labute approximate surface area is 126 Å². The molecule has 1 N–H and O–H groups in total. The zero-order valence-corrected chi connectivity index (χ0v) is 11.9. The Morgan fingerprint density at radius 2 is 2.09 bits per heavy atom. The monoisotopic (exact) mass is 298 g/mol. The van der Waals surface area contributed by atoms with Gasteiger partial charge in [-0.15, -0.1) is 0 Å². The Bertz CT molecular complexity index is 774. The van der Waals surface area contributed by atoms with Crippen molar-refractivity contribution in [1.82, 2.24) is 14.8 Å². The fourth-order valence-corrected chi connectivity index (χ4v) is 2.31. The van der Waals surface area contributed by atoms with Crippen molar-refractivity contribution in [2.75, 3.05) is 25.5 Å². The van der Waals surface area contributed by atoms with Gasteiger partial charge in [-0.25, -0.2) is 4.79 Å². The van der Waals surface area contributed by atoms with Crippen molar-refractivity contribution in [3.8, 4) is 0 Å². The maximum Gasteiger partial charge on any atom is 0.327 e. The van der Waals surface area contributed by atoms with Crippen LogP contribution in [0.25, 0.3) is 10.9 Å². The molecule has 1 aliphatic heterocycles. The van der Waals surface area contributed by atoms with Gasteiger partial charge in [0.15, 0.2) is 0 Å². The quantitative estimate of drug-likeness (QED) is 0.859. The number of nitrogens with one attached hydrogen (secondary N) is 1. The van der Waals surface area contributed by atoms with E-state index in [-0.39, 0.29) is 19.0 Å². The second-order valence-corrected chi connectivity index (χ2v) is 5.08. The van der Waals surface area contributed by atoms with Gasteiger partial charge in [0, 0.05) is 12.4 Å². The number of benzene rings is 1. The average Bonchev–Trinajstić information content (AvgIpc) is 2.73. The molecule has 0 radical (unpaired) electrons. The number of fused-ring (bicyclic) bond motifs is 1. The van der Waals surface area contributed by atoms with Gasteiger partial charge >= 0.3 is 6.03 Å². The van der Waals surface area contributed by atoms with Crippen LogP contribution in [0.4, 0.5) is 10.5 Å². The van der Waals surface area contributed by atoms with Crippen molar-refractivity contribution in [1.29, 1.82) is 0 Å². The Morgan fingerprint density at radius 3 is 2.82 bits per heavy atom. The molecule has 0 spiro atoms. The zero-order valence-electron chi connectivity index (χ0n) is 11.9. The molecule has 1 aliphatic rings. The molecule has 22 heavy (non-hydrogen) atoms. The van der Waals surface area contributed by atoms with E-state index in [9.17, 15) is 14.4 Å². The number of hydrogen-bond acceptors (Lipinski definition) is 4. The van der Waals surface area contributed by atoms with E-state index < -0.39 is 11.9 Å². The van der Waals surface area contributed by atoms with Crippen LogP contribution in [0.2, 0.25) is 0 Å². The number of aromatic nitrogens is 1. The highest BCUT2D eigenvalue weighted by Crippen LogP contribution is 2.16. The molecule has 0 unspecified atom stereocenters. The first-order valence-corrected chi connectivity index (χ1v) is 6.75. The predicted octanol–water partition coefficient (Wildman–Crippen LogP) is 1.07. The molecule has 0 atom stereocenters. The number of likely N-dealkylation sites (N-methyl/N-ethyl adjacent to an activating group) is 1. The van der Waals surface area contributed by atoms with Crippen molar-refractivity contribution in [2.45, 2.75) is 0 Å². The number of rotatable bonds is 3. The molecule has 112 valence electrons. The predicted molar refractivity (Wildman–Crippen MR) is 80.1 cm³/mol. The summed E-state index contributed by atoms with van der Waals surface area (Å²) in [6, 6.07) is 8.86. The molecule has 1 saturated heterocycles. The maximum absolute atomic E-state index is 12.0. The molecule has 0 bridgehead atoms. The lowest BCUT2D eigenvalue weighted by atomic mass is 10.2. The fraction of sp³-hybridized carbons (Fsp3) is 0.200. The van der Waals surface area contributed by atoms with E-state index in [0.717, 1.165) is 15.8 Å². The van der Waals surface area contributed by atoms with E-state index in [4.69, 9.17) is 0 Å². The van der Waals surface area contributed by atoms with Crippen LogP contribution < -0.4 is 5.32 Å². The number of carbonyl (C=O) groups excluding carboxylic acids is 3. The fourth-order valence-electron chi connectivity index (χ4n) is 2.31. The van der Waals surface area contributed by atoms with E-state index >= 15 is 0 Å². The van der Waals surface area contributed by atoms with Gasteiger partial charge in [0.2, 0.25) is 5.91 Å². The third-order valence-corrected chi connectivity index (χ3v) is 3.41. The van der Waals surface area contributed by atoms with Crippen molar-refractivity contribution in [3.05, 3.63) is 36.5 Å². The SMILES string of the molecule is CN1CC(=O)N(CC(=O)Nc2cnc3ccccc3c2)C1=O. The lowest BCUT2D eigenvalue weighted by Crippen LogP contribution is -2.38. The summed E-state index contributed by atoms with van der Waals surface area (Å²) in [5.41, 5.74) is 1.35. The molecular formula is C15H14N4O3. The highest BCUT2D eigenvalue weighted by Gasteiger charge is 2.34. The van der Waals surface area contributed by atoms with Gasteiger partial charge in [-0.2, -0.15) is 0 Å². The van der Waals surface area contributed by atoms with E-state index in [1.807, 2.05) is 24.3 Å². The molecule has 7 nitrogen and oxygen atoms in total. The van der Waals surface area contributed by atoms with Gasteiger partial charge in [-0.1, -0.05) is 18.2 Å². The number of nitrogens with zero attached hydrogens (tertiary/aromatic N) is 3. The van der Waals surface area contributed by atoms with Gasteiger partial charge in [0.1, 0.15) is 13.1 Å². The zero-order chi connectivity index (χ0) is 15.7. The van der Waals surface area contributed by atoms with Crippen molar-refractivity contribution in [2.24, 2.45) is 0 Å². The first-order valence-electron chi connectivity index (χ1n) is 6.75. The van der Waals surface area contributed by atoms with Crippen molar-refractivity contribution in [3.63, 3.8) is 0 Å². The maximum atomic E-state index is 12.0. The third-order valence-electron chi connectivity index (χ3n) is 3.41. The Kier molecular flexibility index (Phi) is 3.46. The van der Waals surface area contributed by atoms with Crippen LogP contribution in [0.1, 0.15) is 0 Å². The summed E-state index contributed by atoms with van der Waals surface area (Å²) >= 11 is 0. The molecule has 3 rings (SSSR count). The minimum absolute atomic E-state index is 0.00361. The van der Waals surface area contributed by atoms with Gasteiger partial charge in [0.05, 0.1) is 17.4 Å². The summed E-state index contributed by atoms with van der Waals surface area (Å²) in [5, 5.41) is 3.55. The third kappa shape index (κ3) is 2.60. The van der Waals surface area contributed by atoms with E-state index in [1.54, 1.807) is 12.3 Å². The highest BCUT2D eigenvalue weighted by molar-refractivity contribution is 6.06. The van der Waals surface area contributed by atoms with Crippen LogP contribution in [-0.4, -0.2) is 52.8 Å². The minimum Gasteiger partial charge on any atom is -0.323 e. The number of para-hydroxylation sites is 1. The molecule has 4 amide bonds. The summed E-state index contributed by atoms with van der Waals surface area (Å²) in [5.74, 6) is -0.812. The van der Waals surface area contributed by atoms with Gasteiger partial charge < -0.3 is 10.2 Å². The number of anilines is 1. The topological polar surface area (TPSA) is 82.6 Å². The van der Waals surface area contributed by atoms with E-state index in [2.05, 4.69) is 10.3 Å². The summed E-state index contributed by atoms with van der Waals surface area (Å²) < 4.78 is 0. The van der Waals surface area contributed by atoms with Crippen molar-refractivity contribution >= 4 is 34.4 Å². The Morgan fingerprint density at radius 1 is 1.32 bits per heavy atom. The summed E-state index contributed by atoms with van der Waals surface area (Å²) in [6.07, 6.45) is 1.54. The van der Waals surface area contributed by atoms with E-state index in [1.165, 1.54) is 11.9 Å². The summed E-state index contributed by atoms with van der Waals surface area (Å²) in [6.45, 7) is -0.293. The summed E-state index contributed by atoms with van der Waals surface area (Å²) in [7, 11) is 1.52. The number of imide groups is 1. The molecule has 0 aliphatic carbocycles. The normalized spacial score (nSPS) is 14.8. The standard InChI is InChI=1S/C15H14N4O3/c1-18-9-14(21)19(15(18)22)8-13(20)17-11-6-10-4-2-3-5-12(10)16-7-11/h2-7H,8-9H2,1H3,(H,17,20). The van der Waals surface area contributed by atoms with Gasteiger partial charge in [-0.05, 0) is 12.1 Å². The van der Waals surface area contributed by atoms with E-state index in [0.29, 0.717) is 5.69 Å². The Balaban J connectivity index is 1.70. The second kappa shape index (κ2) is 5.44. The number of amides is 4. The molecule has 1 aromatic heterocycles. The largest absolute Gasteiger partial charge is 0.327 e. The highest BCUT2D eigenvalue weighted by atomic mass is 16.2. The number of pyridine rings is 1. The van der Waals surface area contributed by atoms with Crippen LogP contribution >= 0.6 is 0 Å². The molecule has 2 aromatic rings. The lowest BCUT2D eigenvalue weighted by Gasteiger charge is -2.13. The van der Waals surface area contributed by atoms with Crippen LogP contribution in [0.15, 0.2) is 36.5 Å². The number of hydrogen-bond donors (Lipinski definition) is 1. The number of carbonyl (C=O) groups is 3. The molecule has 0 saturated carbocycles. The number of urea groups is 1. The van der Waals surface area contributed by atoms with Crippen LogP contribution in [0.5, 0.6) is 0 Å². The molecule has 2 heterocycles. The van der Waals surface area contributed by atoms with Gasteiger partial charge in [0.25, 0.3) is 5.91 Å². The molecular weight excluding hydrogens is 284 g/mol. The first-order chi connectivity index (χ1) is 10.5. The lowest BCUT2D eigenvalue weighted by molar-refractivity contribution is -0.129. The average molecular weight is 298 g/mol. The smallest absolute Gasteiger partial charge is 0.323 e. The molecule has 1 fully saturated rings. The molecule has 1 aromatic carbocycles. The van der Waals surface area contributed by atoms with Crippen LogP contribution in [-0.2, 0) is 9.59 Å². The van der Waals surface area contributed by atoms with Crippen molar-refractivity contribution < 1.29 is 14.4 Å².